The van der Waals surface area contributed by atoms with E-state index in [0.717, 1.165) is 49.7 Å². The van der Waals surface area contributed by atoms with Gasteiger partial charge in [0, 0.05) is 17.1 Å². The van der Waals surface area contributed by atoms with Gasteiger partial charge in [-0.25, -0.2) is 19.5 Å². The number of hydrogen-bond donors (Lipinski definition) is 0. The van der Waals surface area contributed by atoms with Gasteiger partial charge in [0.25, 0.3) is 0 Å². The molecule has 10 rings (SSSR count). The fourth-order valence-electron chi connectivity index (χ4n) is 7.98. The Morgan fingerprint density at radius 1 is 0.577 bits per heavy atom. The van der Waals surface area contributed by atoms with Crippen LogP contribution in [-0.4, -0.2) is 32.0 Å². The second-order valence-electron chi connectivity index (χ2n) is 13.6. The minimum Gasteiger partial charge on any atom is -0.479 e. The maximum absolute atomic E-state index is 7.04. The minimum atomic E-state index is -3.27. The largest absolute Gasteiger partial charge is 0.479 e. The van der Waals surface area contributed by atoms with E-state index in [-0.39, 0.29) is 0 Å². The maximum atomic E-state index is 7.04. The molecule has 0 spiro atoms. The molecule has 0 unspecified atom stereocenters. The van der Waals surface area contributed by atoms with Gasteiger partial charge < -0.3 is 9.47 Å². The lowest BCUT2D eigenvalue weighted by atomic mass is 9.97. The van der Waals surface area contributed by atoms with E-state index in [1.807, 2.05) is 42.6 Å². The molecule has 0 N–H and O–H groups in total. The molecule has 0 amide bonds. The molecule has 0 aliphatic carbocycles. The molecule has 8 heteroatoms. The molecule has 0 radical (unpaired) electrons. The van der Waals surface area contributed by atoms with Crippen molar-refractivity contribution in [1.82, 2.24) is 23.9 Å². The van der Waals surface area contributed by atoms with Crippen molar-refractivity contribution in [2.24, 2.45) is 0 Å². The van der Waals surface area contributed by atoms with Crippen LogP contribution in [0.25, 0.3) is 33.8 Å². The summed E-state index contributed by atoms with van der Waals surface area (Å²) in [5.41, 5.74) is 4.27. The summed E-state index contributed by atoms with van der Waals surface area (Å²) in [5.74, 6) is 3.51. The van der Waals surface area contributed by atoms with Crippen LogP contribution in [0.4, 0.5) is 0 Å². The van der Waals surface area contributed by atoms with Crippen LogP contribution in [0.5, 0.6) is 17.2 Å². The number of imidazole rings is 2. The summed E-state index contributed by atoms with van der Waals surface area (Å²) >= 11 is 0. The van der Waals surface area contributed by atoms with Crippen molar-refractivity contribution in [3.63, 3.8) is 0 Å². The molecule has 6 aromatic carbocycles. The van der Waals surface area contributed by atoms with Gasteiger partial charge in [-0.2, -0.15) is 0 Å². The fraction of sp³-hybridized carbons (Fsp3) is 0.0682. The molecule has 0 bridgehead atoms. The van der Waals surface area contributed by atoms with Crippen molar-refractivity contribution < 1.29 is 9.47 Å². The predicted octanol–water partition coefficient (Wildman–Crippen LogP) is 7.02. The second kappa shape index (κ2) is 11.5. The molecule has 1 aliphatic heterocycles. The molecular formula is C44H33N5O2Si. The van der Waals surface area contributed by atoms with Crippen molar-refractivity contribution >= 4 is 56.8 Å². The molecule has 4 heterocycles. The molecule has 0 saturated carbocycles. The Morgan fingerprint density at radius 3 is 1.96 bits per heavy atom. The molecule has 0 fully saturated rings. The maximum Gasteiger partial charge on any atom is 0.236 e. The van der Waals surface area contributed by atoms with Crippen LogP contribution in [0.1, 0.15) is 19.4 Å². The van der Waals surface area contributed by atoms with Crippen molar-refractivity contribution in [2.45, 2.75) is 19.4 Å². The van der Waals surface area contributed by atoms with E-state index in [9.17, 15) is 0 Å². The Balaban J connectivity index is 1.32. The van der Waals surface area contributed by atoms with Gasteiger partial charge in [-0.05, 0) is 71.9 Å². The van der Waals surface area contributed by atoms with Crippen LogP contribution >= 0.6 is 0 Å². The average Bonchev–Trinajstić information content (AvgIpc) is 3.68. The number of aromatic nitrogens is 5. The van der Waals surface area contributed by atoms with Crippen molar-refractivity contribution in [3.8, 4) is 23.2 Å². The van der Waals surface area contributed by atoms with Crippen LogP contribution in [0.2, 0.25) is 0 Å². The van der Waals surface area contributed by atoms with E-state index < -0.39 is 13.7 Å². The standard InChI is InChI=1S/C44H33N5O2Si/c1-44(2)32-20-15-27-39(41(32)50-37-25-13-14-26-38(37)51-44)52(30-16-5-3-6-17-30,31-18-7-4-8-19-31)40-28-29-45-42(47-40)49-36-24-12-11-23-35(36)48-34-22-10-9-21-33(34)46-43(48)49/h3-29H,1-2H3. The number of ether oxygens (including phenoxy) is 2. The molecule has 52 heavy (non-hydrogen) atoms. The van der Waals surface area contributed by atoms with Gasteiger partial charge in [-0.1, -0.05) is 115 Å². The van der Waals surface area contributed by atoms with E-state index in [2.05, 4.69) is 144 Å². The Labute approximate surface area is 301 Å². The third-order valence-electron chi connectivity index (χ3n) is 10.2. The molecule has 3 aromatic heterocycles. The number of hydrogen-bond acceptors (Lipinski definition) is 5. The molecular weight excluding hydrogens is 659 g/mol. The Bertz CT molecular complexity index is 2750. The van der Waals surface area contributed by atoms with Crippen LogP contribution in [0.15, 0.2) is 164 Å². The van der Waals surface area contributed by atoms with E-state index in [0.29, 0.717) is 17.4 Å². The van der Waals surface area contributed by atoms with Gasteiger partial charge >= 0.3 is 0 Å². The first kappa shape index (κ1) is 30.3. The normalized spacial score (nSPS) is 13.7. The van der Waals surface area contributed by atoms with E-state index in [1.165, 1.54) is 10.4 Å². The van der Waals surface area contributed by atoms with Crippen molar-refractivity contribution in [1.29, 1.82) is 0 Å². The van der Waals surface area contributed by atoms with Crippen LogP contribution < -0.4 is 30.4 Å². The van der Waals surface area contributed by atoms with E-state index in [4.69, 9.17) is 24.4 Å². The zero-order chi connectivity index (χ0) is 34.9. The predicted molar refractivity (Wildman–Crippen MR) is 209 cm³/mol. The first-order valence-corrected chi connectivity index (χ1v) is 19.5. The van der Waals surface area contributed by atoms with Gasteiger partial charge in [0.1, 0.15) is 11.4 Å². The highest BCUT2D eigenvalue weighted by atomic mass is 28.3. The monoisotopic (exact) mass is 691 g/mol. The lowest BCUT2D eigenvalue weighted by molar-refractivity contribution is 0.111. The zero-order valence-electron chi connectivity index (χ0n) is 28.6. The molecule has 9 aromatic rings. The van der Waals surface area contributed by atoms with E-state index >= 15 is 0 Å². The molecule has 0 saturated heterocycles. The number of nitrogens with zero attached hydrogens (tertiary/aromatic N) is 5. The highest BCUT2D eigenvalue weighted by Crippen LogP contribution is 2.44. The first-order valence-electron chi connectivity index (χ1n) is 17.5. The fourth-order valence-corrected chi connectivity index (χ4v) is 12.6. The molecule has 7 nitrogen and oxygen atoms in total. The number of benzene rings is 6. The Hall–Kier alpha value is -6.51. The summed E-state index contributed by atoms with van der Waals surface area (Å²) in [5, 5.41) is 4.35. The van der Waals surface area contributed by atoms with Gasteiger partial charge in [-0.3, -0.25) is 4.40 Å². The second-order valence-corrected chi connectivity index (χ2v) is 17.3. The van der Waals surface area contributed by atoms with Crippen LogP contribution in [0, 0.1) is 0 Å². The Kier molecular flexibility index (Phi) is 6.71. The van der Waals surface area contributed by atoms with Crippen molar-refractivity contribution in [3.05, 3.63) is 169 Å². The summed E-state index contributed by atoms with van der Waals surface area (Å²) in [6.45, 7) is 4.21. The van der Waals surface area contributed by atoms with Gasteiger partial charge in [0.05, 0.1) is 22.1 Å². The highest BCUT2D eigenvalue weighted by molar-refractivity contribution is 7.19. The zero-order valence-corrected chi connectivity index (χ0v) is 29.6. The Morgan fingerprint density at radius 2 is 1.21 bits per heavy atom. The third-order valence-corrected chi connectivity index (χ3v) is 14.9. The number of para-hydroxylation sites is 7. The average molecular weight is 692 g/mol. The molecule has 1 aliphatic rings. The SMILES string of the molecule is CC1(C)Oc2ccccc2Oc2c1cccc2[Si](c1ccccc1)(c1ccccc1)c1ccnc(-n2c3ccccc3n3c4ccccc4nc23)n1. The van der Waals surface area contributed by atoms with Gasteiger partial charge in [-0.15, -0.1) is 0 Å². The third kappa shape index (κ3) is 4.41. The van der Waals surface area contributed by atoms with Gasteiger partial charge in [0.15, 0.2) is 11.5 Å². The van der Waals surface area contributed by atoms with Crippen molar-refractivity contribution in [2.75, 3.05) is 0 Å². The summed E-state index contributed by atoms with van der Waals surface area (Å²) in [4.78, 5) is 15.7. The van der Waals surface area contributed by atoms with Gasteiger partial charge in [0.2, 0.25) is 19.8 Å². The summed E-state index contributed by atoms with van der Waals surface area (Å²) in [7, 11) is -3.27. The molecule has 0 atom stereocenters. The number of rotatable bonds is 5. The number of fused-ring (bicyclic) bond motifs is 7. The lowest BCUT2D eigenvalue weighted by Crippen LogP contribution is -2.75. The summed E-state index contributed by atoms with van der Waals surface area (Å²) < 4.78 is 18.0. The summed E-state index contributed by atoms with van der Waals surface area (Å²) in [6.07, 6.45) is 1.89. The smallest absolute Gasteiger partial charge is 0.236 e. The lowest BCUT2D eigenvalue weighted by Gasteiger charge is -2.35. The van der Waals surface area contributed by atoms with Crippen LogP contribution in [-0.2, 0) is 5.60 Å². The molecule has 250 valence electrons. The topological polar surface area (TPSA) is 66.5 Å². The first-order chi connectivity index (χ1) is 25.5. The quantitative estimate of drug-likeness (QED) is 0.144. The highest BCUT2D eigenvalue weighted by Gasteiger charge is 2.47. The minimum absolute atomic E-state index is 0.555. The summed E-state index contributed by atoms with van der Waals surface area (Å²) in [6, 6.07) is 54.6. The van der Waals surface area contributed by atoms with Crippen LogP contribution in [0.3, 0.4) is 0 Å². The van der Waals surface area contributed by atoms with E-state index in [1.54, 1.807) is 0 Å².